The predicted octanol–water partition coefficient (Wildman–Crippen LogP) is 1.04. The fourth-order valence-electron chi connectivity index (χ4n) is 2.93. The topological polar surface area (TPSA) is 57.8 Å². The van der Waals surface area contributed by atoms with Crippen LogP contribution in [0.15, 0.2) is 35.3 Å². The van der Waals surface area contributed by atoms with Crippen LogP contribution in [0.5, 0.6) is 0 Å². The van der Waals surface area contributed by atoms with Gasteiger partial charge in [-0.1, -0.05) is 19.4 Å². The molecule has 2 aromatic rings. The van der Waals surface area contributed by atoms with Crippen LogP contribution in [0, 0.1) is 0 Å². The summed E-state index contributed by atoms with van der Waals surface area (Å²) < 4.78 is 1.53. The van der Waals surface area contributed by atoms with Crippen LogP contribution in [0.1, 0.15) is 25.5 Å². The van der Waals surface area contributed by atoms with Crippen molar-refractivity contribution in [2.75, 3.05) is 13.1 Å². The zero-order valence-corrected chi connectivity index (χ0v) is 11.6. The highest BCUT2D eigenvalue weighted by molar-refractivity contribution is 5.38. The van der Waals surface area contributed by atoms with Crippen LogP contribution < -0.4 is 5.56 Å². The van der Waals surface area contributed by atoms with Crippen molar-refractivity contribution in [1.82, 2.24) is 14.3 Å². The van der Waals surface area contributed by atoms with E-state index in [0.717, 1.165) is 18.5 Å². The van der Waals surface area contributed by atoms with E-state index in [9.17, 15) is 9.90 Å². The smallest absolute Gasteiger partial charge is 0.258 e. The Morgan fingerprint density at radius 1 is 1.40 bits per heavy atom. The van der Waals surface area contributed by atoms with Crippen molar-refractivity contribution in [3.05, 3.63) is 46.5 Å². The largest absolute Gasteiger partial charge is 0.387 e. The molecule has 20 heavy (non-hydrogen) atoms. The Morgan fingerprint density at radius 2 is 2.20 bits per heavy atom. The highest BCUT2D eigenvalue weighted by Gasteiger charge is 2.39. The second-order valence-corrected chi connectivity index (χ2v) is 5.63. The van der Waals surface area contributed by atoms with E-state index in [4.69, 9.17) is 0 Å². The van der Waals surface area contributed by atoms with E-state index in [2.05, 4.69) is 16.8 Å². The standard InChI is InChI=1S/C15H19N3O2/c1-2-6-15(20)10-17(11-15)9-12-8-14(19)18-7-4-3-5-13(18)16-12/h3-5,7-8,20H,2,6,9-11H2,1H3. The highest BCUT2D eigenvalue weighted by atomic mass is 16.3. The molecule has 0 aliphatic carbocycles. The van der Waals surface area contributed by atoms with Crippen LogP contribution in [0.25, 0.3) is 5.65 Å². The number of fused-ring (bicyclic) bond motifs is 1. The Kier molecular flexibility index (Phi) is 3.31. The molecule has 1 N–H and O–H groups in total. The van der Waals surface area contributed by atoms with Gasteiger partial charge in [-0.3, -0.25) is 14.1 Å². The molecule has 0 bridgehead atoms. The molecule has 2 aromatic heterocycles. The number of likely N-dealkylation sites (tertiary alicyclic amines) is 1. The van der Waals surface area contributed by atoms with E-state index < -0.39 is 5.60 Å². The van der Waals surface area contributed by atoms with Gasteiger partial charge in [0.1, 0.15) is 5.65 Å². The number of hydrogen-bond acceptors (Lipinski definition) is 4. The molecule has 3 heterocycles. The van der Waals surface area contributed by atoms with Crippen molar-refractivity contribution < 1.29 is 5.11 Å². The minimum atomic E-state index is -0.541. The van der Waals surface area contributed by atoms with Crippen LogP contribution in [0.3, 0.4) is 0 Å². The summed E-state index contributed by atoms with van der Waals surface area (Å²) >= 11 is 0. The lowest BCUT2D eigenvalue weighted by Gasteiger charge is -2.46. The molecule has 0 atom stereocenters. The number of nitrogens with zero attached hydrogens (tertiary/aromatic N) is 3. The minimum absolute atomic E-state index is 0.0602. The van der Waals surface area contributed by atoms with Gasteiger partial charge < -0.3 is 5.11 Å². The maximum absolute atomic E-state index is 12.0. The molecule has 1 aliphatic rings. The molecular formula is C15H19N3O2. The van der Waals surface area contributed by atoms with Crippen LogP contribution in [0.2, 0.25) is 0 Å². The minimum Gasteiger partial charge on any atom is -0.387 e. The molecule has 1 fully saturated rings. The van der Waals surface area contributed by atoms with Gasteiger partial charge in [0, 0.05) is 31.9 Å². The van der Waals surface area contributed by atoms with Crippen molar-refractivity contribution in [1.29, 1.82) is 0 Å². The molecule has 5 nitrogen and oxygen atoms in total. The van der Waals surface area contributed by atoms with Crippen molar-refractivity contribution in [3.8, 4) is 0 Å². The van der Waals surface area contributed by atoms with Gasteiger partial charge in [0.2, 0.25) is 0 Å². The average Bonchev–Trinajstić information content (AvgIpc) is 2.37. The average molecular weight is 273 g/mol. The lowest BCUT2D eigenvalue weighted by atomic mass is 9.89. The molecule has 0 radical (unpaired) electrons. The first-order valence-corrected chi connectivity index (χ1v) is 7.02. The van der Waals surface area contributed by atoms with Crippen molar-refractivity contribution in [3.63, 3.8) is 0 Å². The van der Waals surface area contributed by atoms with Gasteiger partial charge in [0.15, 0.2) is 0 Å². The van der Waals surface area contributed by atoms with E-state index in [-0.39, 0.29) is 5.56 Å². The molecule has 0 saturated carbocycles. The van der Waals surface area contributed by atoms with Crippen molar-refractivity contribution in [2.24, 2.45) is 0 Å². The summed E-state index contributed by atoms with van der Waals surface area (Å²) in [4.78, 5) is 18.6. The van der Waals surface area contributed by atoms with Gasteiger partial charge in [-0.2, -0.15) is 0 Å². The zero-order chi connectivity index (χ0) is 14.2. The first-order chi connectivity index (χ1) is 9.59. The van der Waals surface area contributed by atoms with Crippen LogP contribution >= 0.6 is 0 Å². The molecule has 106 valence electrons. The van der Waals surface area contributed by atoms with Crippen molar-refractivity contribution >= 4 is 5.65 Å². The maximum Gasteiger partial charge on any atom is 0.258 e. The number of hydrogen-bond donors (Lipinski definition) is 1. The van der Waals surface area contributed by atoms with Crippen LogP contribution in [-0.2, 0) is 6.54 Å². The van der Waals surface area contributed by atoms with Gasteiger partial charge in [0.25, 0.3) is 5.56 Å². The van der Waals surface area contributed by atoms with E-state index in [1.54, 1.807) is 12.3 Å². The fourth-order valence-corrected chi connectivity index (χ4v) is 2.93. The Balaban J connectivity index is 1.75. The van der Waals surface area contributed by atoms with Gasteiger partial charge in [-0.15, -0.1) is 0 Å². The number of β-amino-alcohol motifs (C(OH)–C–C–N with tert-alkyl or cyclic N) is 1. The molecule has 1 aliphatic heterocycles. The molecule has 0 spiro atoms. The normalized spacial score (nSPS) is 18.1. The van der Waals surface area contributed by atoms with E-state index in [1.807, 2.05) is 18.2 Å². The SMILES string of the molecule is CCCC1(O)CN(Cc2cc(=O)n3ccccc3n2)C1. The number of aliphatic hydroxyl groups is 1. The van der Waals surface area contributed by atoms with Gasteiger partial charge >= 0.3 is 0 Å². The third-order valence-electron chi connectivity index (χ3n) is 3.76. The first kappa shape index (κ1) is 13.3. The highest BCUT2D eigenvalue weighted by Crippen LogP contribution is 2.26. The van der Waals surface area contributed by atoms with Crippen LogP contribution in [0.4, 0.5) is 0 Å². The third kappa shape index (κ3) is 2.46. The second kappa shape index (κ2) is 5.00. The maximum atomic E-state index is 12.0. The summed E-state index contributed by atoms with van der Waals surface area (Å²) in [6.45, 7) is 4.02. The Morgan fingerprint density at radius 3 is 2.95 bits per heavy atom. The summed E-state index contributed by atoms with van der Waals surface area (Å²) in [5.74, 6) is 0. The van der Waals surface area contributed by atoms with Gasteiger partial charge in [-0.25, -0.2) is 4.98 Å². The molecule has 0 unspecified atom stereocenters. The monoisotopic (exact) mass is 273 g/mol. The number of rotatable bonds is 4. The molecule has 0 amide bonds. The predicted molar refractivity (Wildman–Crippen MR) is 76.6 cm³/mol. The lowest BCUT2D eigenvalue weighted by Crippen LogP contribution is -2.61. The summed E-state index contributed by atoms with van der Waals surface area (Å²) in [7, 11) is 0. The number of pyridine rings is 1. The molecule has 5 heteroatoms. The Labute approximate surface area is 117 Å². The first-order valence-electron chi connectivity index (χ1n) is 7.02. The zero-order valence-electron chi connectivity index (χ0n) is 11.6. The quantitative estimate of drug-likeness (QED) is 0.904. The molecule has 1 saturated heterocycles. The van der Waals surface area contributed by atoms with Crippen molar-refractivity contribution in [2.45, 2.75) is 31.9 Å². The summed E-state index contributed by atoms with van der Waals surface area (Å²) in [6, 6.07) is 7.09. The van der Waals surface area contributed by atoms with E-state index >= 15 is 0 Å². The number of aromatic nitrogens is 2. The Bertz CT molecular complexity index is 674. The van der Waals surface area contributed by atoms with Crippen LogP contribution in [-0.4, -0.2) is 38.1 Å². The summed E-state index contributed by atoms with van der Waals surface area (Å²) in [6.07, 6.45) is 3.54. The summed E-state index contributed by atoms with van der Waals surface area (Å²) in [5, 5.41) is 10.2. The summed E-state index contributed by atoms with van der Waals surface area (Å²) in [5.41, 5.74) is 0.828. The molecule has 0 aromatic carbocycles. The molecule has 3 rings (SSSR count). The third-order valence-corrected chi connectivity index (χ3v) is 3.76. The lowest BCUT2D eigenvalue weighted by molar-refractivity contribution is -0.107. The van der Waals surface area contributed by atoms with E-state index in [1.165, 1.54) is 4.40 Å². The van der Waals surface area contributed by atoms with Gasteiger partial charge in [0.05, 0.1) is 11.3 Å². The second-order valence-electron chi connectivity index (χ2n) is 5.63. The van der Waals surface area contributed by atoms with Gasteiger partial charge in [-0.05, 0) is 18.6 Å². The molecular weight excluding hydrogens is 254 g/mol. The Hall–Kier alpha value is -1.72. The van der Waals surface area contributed by atoms with E-state index in [0.29, 0.717) is 25.3 Å². The fraction of sp³-hybridized carbons (Fsp3) is 0.467.